The van der Waals surface area contributed by atoms with Gasteiger partial charge in [0.1, 0.15) is 17.3 Å². The SMILES string of the molecule is COc1cccc(OC)c1C(N)c1ccncc1F. The number of rotatable bonds is 4. The minimum atomic E-state index is -0.686. The summed E-state index contributed by atoms with van der Waals surface area (Å²) in [7, 11) is 3.07. The van der Waals surface area contributed by atoms with Crippen LogP contribution in [-0.2, 0) is 0 Å². The Hall–Kier alpha value is -2.14. The molecule has 0 spiro atoms. The van der Waals surface area contributed by atoms with Gasteiger partial charge in [-0.25, -0.2) is 4.39 Å². The third-order valence-electron chi connectivity index (χ3n) is 2.92. The highest BCUT2D eigenvalue weighted by atomic mass is 19.1. The molecule has 2 rings (SSSR count). The second-order valence-electron chi connectivity index (χ2n) is 3.95. The molecule has 5 heteroatoms. The minimum Gasteiger partial charge on any atom is -0.496 e. The Morgan fingerprint density at radius 1 is 1.16 bits per heavy atom. The summed E-state index contributed by atoms with van der Waals surface area (Å²) in [5.74, 6) is 0.661. The van der Waals surface area contributed by atoms with Gasteiger partial charge in [0.2, 0.25) is 0 Å². The van der Waals surface area contributed by atoms with Crippen LogP contribution in [0.3, 0.4) is 0 Å². The number of pyridine rings is 1. The number of hydrogen-bond acceptors (Lipinski definition) is 4. The fourth-order valence-corrected chi connectivity index (χ4v) is 1.98. The normalized spacial score (nSPS) is 12.0. The van der Waals surface area contributed by atoms with Gasteiger partial charge in [0.05, 0.1) is 32.0 Å². The van der Waals surface area contributed by atoms with Gasteiger partial charge in [-0.3, -0.25) is 4.98 Å². The van der Waals surface area contributed by atoms with Crippen LogP contribution < -0.4 is 15.2 Å². The number of aromatic nitrogens is 1. The predicted octanol–water partition coefficient (Wildman–Crippen LogP) is 2.29. The standard InChI is InChI=1S/C14H15FN2O2/c1-18-11-4-3-5-12(19-2)13(11)14(16)9-6-7-17-8-10(9)15/h3-8,14H,16H2,1-2H3. The molecule has 1 unspecified atom stereocenters. The molecule has 4 nitrogen and oxygen atoms in total. The van der Waals surface area contributed by atoms with Gasteiger partial charge >= 0.3 is 0 Å². The molecule has 19 heavy (non-hydrogen) atoms. The molecule has 0 bridgehead atoms. The number of nitrogens with two attached hydrogens (primary N) is 1. The quantitative estimate of drug-likeness (QED) is 0.918. The van der Waals surface area contributed by atoms with Crippen molar-refractivity contribution in [3.63, 3.8) is 0 Å². The zero-order valence-electron chi connectivity index (χ0n) is 10.8. The van der Waals surface area contributed by atoms with E-state index in [0.29, 0.717) is 22.6 Å². The summed E-state index contributed by atoms with van der Waals surface area (Å²) < 4.78 is 24.3. The molecular weight excluding hydrogens is 247 g/mol. The number of halogens is 1. The average Bonchev–Trinajstić information content (AvgIpc) is 2.46. The summed E-state index contributed by atoms with van der Waals surface area (Å²) in [6.07, 6.45) is 2.64. The molecular formula is C14H15FN2O2. The molecule has 0 saturated carbocycles. The van der Waals surface area contributed by atoms with E-state index in [2.05, 4.69) is 4.98 Å². The van der Waals surface area contributed by atoms with Gasteiger partial charge in [-0.1, -0.05) is 6.07 Å². The average molecular weight is 262 g/mol. The topological polar surface area (TPSA) is 57.4 Å². The van der Waals surface area contributed by atoms with Gasteiger partial charge in [0.25, 0.3) is 0 Å². The van der Waals surface area contributed by atoms with Crippen molar-refractivity contribution < 1.29 is 13.9 Å². The molecule has 0 aliphatic heterocycles. The second-order valence-corrected chi connectivity index (χ2v) is 3.95. The summed E-state index contributed by atoms with van der Waals surface area (Å²) in [5.41, 5.74) is 7.10. The smallest absolute Gasteiger partial charge is 0.146 e. The number of hydrogen-bond donors (Lipinski definition) is 1. The molecule has 0 radical (unpaired) electrons. The van der Waals surface area contributed by atoms with Crippen molar-refractivity contribution in [1.82, 2.24) is 4.98 Å². The molecule has 2 N–H and O–H groups in total. The lowest BCUT2D eigenvalue weighted by atomic mass is 9.98. The first-order valence-corrected chi connectivity index (χ1v) is 5.75. The van der Waals surface area contributed by atoms with Crippen LogP contribution in [0.4, 0.5) is 4.39 Å². The number of benzene rings is 1. The molecule has 0 saturated heterocycles. The van der Waals surface area contributed by atoms with E-state index < -0.39 is 11.9 Å². The van der Waals surface area contributed by atoms with Crippen LogP contribution in [0.15, 0.2) is 36.7 Å². The Morgan fingerprint density at radius 3 is 2.32 bits per heavy atom. The van der Waals surface area contributed by atoms with Crippen molar-refractivity contribution in [3.8, 4) is 11.5 Å². The molecule has 1 atom stereocenters. The lowest BCUT2D eigenvalue weighted by Crippen LogP contribution is -2.16. The van der Waals surface area contributed by atoms with Crippen molar-refractivity contribution in [1.29, 1.82) is 0 Å². The van der Waals surface area contributed by atoms with E-state index >= 15 is 0 Å². The third kappa shape index (κ3) is 2.51. The van der Waals surface area contributed by atoms with Crippen LogP contribution in [0.5, 0.6) is 11.5 Å². The molecule has 2 aromatic rings. The van der Waals surface area contributed by atoms with E-state index in [1.807, 2.05) is 0 Å². The minimum absolute atomic E-state index is 0.345. The highest BCUT2D eigenvalue weighted by Gasteiger charge is 2.21. The van der Waals surface area contributed by atoms with Crippen LogP contribution >= 0.6 is 0 Å². The Labute approximate surface area is 111 Å². The zero-order valence-corrected chi connectivity index (χ0v) is 10.8. The molecule has 0 amide bonds. The lowest BCUT2D eigenvalue weighted by molar-refractivity contribution is 0.381. The summed E-state index contributed by atoms with van der Waals surface area (Å²) in [6.45, 7) is 0. The van der Waals surface area contributed by atoms with Crippen molar-refractivity contribution >= 4 is 0 Å². The van der Waals surface area contributed by atoms with Crippen molar-refractivity contribution in [3.05, 3.63) is 53.6 Å². The predicted molar refractivity (Wildman–Crippen MR) is 69.8 cm³/mol. The van der Waals surface area contributed by atoms with E-state index in [4.69, 9.17) is 15.2 Å². The number of ether oxygens (including phenoxy) is 2. The van der Waals surface area contributed by atoms with E-state index in [0.717, 1.165) is 6.20 Å². The first kappa shape index (κ1) is 13.3. The van der Waals surface area contributed by atoms with Gasteiger partial charge in [-0.05, 0) is 18.2 Å². The van der Waals surface area contributed by atoms with E-state index in [1.54, 1.807) is 24.3 Å². The Kier molecular flexibility index (Phi) is 3.97. The first-order chi connectivity index (χ1) is 9.19. The Morgan fingerprint density at radius 2 is 1.79 bits per heavy atom. The number of nitrogens with zero attached hydrogens (tertiary/aromatic N) is 1. The summed E-state index contributed by atoms with van der Waals surface area (Å²) in [6, 6.07) is 6.17. The maximum absolute atomic E-state index is 13.8. The third-order valence-corrected chi connectivity index (χ3v) is 2.92. The largest absolute Gasteiger partial charge is 0.496 e. The summed E-state index contributed by atoms with van der Waals surface area (Å²) >= 11 is 0. The van der Waals surface area contributed by atoms with Gasteiger partial charge in [-0.15, -0.1) is 0 Å². The first-order valence-electron chi connectivity index (χ1n) is 5.75. The second kappa shape index (κ2) is 5.67. The summed E-state index contributed by atoms with van der Waals surface area (Å²) in [5, 5.41) is 0. The maximum atomic E-state index is 13.8. The molecule has 0 fully saturated rings. The van der Waals surface area contributed by atoms with Gasteiger partial charge < -0.3 is 15.2 Å². The van der Waals surface area contributed by atoms with Crippen LogP contribution in [0.1, 0.15) is 17.2 Å². The molecule has 0 aliphatic carbocycles. The molecule has 1 heterocycles. The Bertz CT molecular complexity index is 553. The van der Waals surface area contributed by atoms with Crippen LogP contribution in [0.2, 0.25) is 0 Å². The fraction of sp³-hybridized carbons (Fsp3) is 0.214. The van der Waals surface area contributed by atoms with Crippen molar-refractivity contribution in [2.45, 2.75) is 6.04 Å². The van der Waals surface area contributed by atoms with E-state index in [9.17, 15) is 4.39 Å². The zero-order chi connectivity index (χ0) is 13.8. The summed E-state index contributed by atoms with van der Waals surface area (Å²) in [4.78, 5) is 3.71. The maximum Gasteiger partial charge on any atom is 0.146 e. The van der Waals surface area contributed by atoms with E-state index in [-0.39, 0.29) is 0 Å². The van der Waals surface area contributed by atoms with Crippen molar-refractivity contribution in [2.24, 2.45) is 5.73 Å². The van der Waals surface area contributed by atoms with Gasteiger partial charge in [-0.2, -0.15) is 0 Å². The molecule has 1 aromatic heterocycles. The van der Waals surface area contributed by atoms with E-state index in [1.165, 1.54) is 20.4 Å². The Balaban J connectivity index is 2.55. The van der Waals surface area contributed by atoms with Crippen LogP contribution in [-0.4, -0.2) is 19.2 Å². The van der Waals surface area contributed by atoms with Crippen LogP contribution in [0.25, 0.3) is 0 Å². The van der Waals surface area contributed by atoms with Gasteiger partial charge in [0.15, 0.2) is 0 Å². The van der Waals surface area contributed by atoms with Crippen LogP contribution in [0, 0.1) is 5.82 Å². The molecule has 0 aliphatic rings. The van der Waals surface area contributed by atoms with Crippen molar-refractivity contribution in [2.75, 3.05) is 14.2 Å². The lowest BCUT2D eigenvalue weighted by Gasteiger charge is -2.19. The van der Waals surface area contributed by atoms with Gasteiger partial charge in [0, 0.05) is 11.8 Å². The molecule has 1 aromatic carbocycles. The highest BCUT2D eigenvalue weighted by Crippen LogP contribution is 2.36. The number of methoxy groups -OCH3 is 2. The highest BCUT2D eigenvalue weighted by molar-refractivity contribution is 5.50. The molecule has 100 valence electrons. The fourth-order valence-electron chi connectivity index (χ4n) is 1.98. The monoisotopic (exact) mass is 262 g/mol.